The van der Waals surface area contributed by atoms with Gasteiger partial charge in [0, 0.05) is 45.8 Å². The highest BCUT2D eigenvalue weighted by Gasteiger charge is 2.33. The van der Waals surface area contributed by atoms with Gasteiger partial charge in [0.25, 0.3) is 0 Å². The minimum atomic E-state index is -4.58. The largest absolute Gasteiger partial charge is 0.857 e. The van der Waals surface area contributed by atoms with Gasteiger partial charge >= 0.3 is 6.18 Å². The molecule has 3 aromatic rings. The van der Waals surface area contributed by atoms with Gasteiger partial charge in [-0.15, -0.1) is 0 Å². The average Bonchev–Trinajstić information content (AvgIpc) is 3.14. The zero-order valence-electron chi connectivity index (χ0n) is 16.5. The fraction of sp³-hybridized carbons (Fsp3) is 0.350. The highest BCUT2D eigenvalue weighted by molar-refractivity contribution is 6.31. The van der Waals surface area contributed by atoms with Crippen LogP contribution in [0.2, 0.25) is 5.02 Å². The van der Waals surface area contributed by atoms with Crippen molar-refractivity contribution < 1.29 is 18.3 Å². The van der Waals surface area contributed by atoms with Gasteiger partial charge < -0.3 is 10.4 Å². The summed E-state index contributed by atoms with van der Waals surface area (Å²) in [6, 6.07) is 5.34. The topological polar surface area (TPSA) is 92.3 Å². The van der Waals surface area contributed by atoms with Crippen molar-refractivity contribution in [1.82, 2.24) is 20.2 Å². The Hall–Kier alpha value is -3.01. The monoisotopic (exact) mass is 451 g/mol. The standard InChI is InChI=1S/C20H20ClF3N6O/c1-11-15(9-25-28-11)19(31)29-30-6-2-3-13(10-30)26-17-8-18(20(22,23)24)27-16-5-4-12(21)7-14(16)17/h4-5,7-9,13H,2-3,6,10H2,1H3,(H,25,28)(H,26,27)(H,29,31)/p-1/t13-/m0/s1. The average molecular weight is 452 g/mol. The minimum absolute atomic E-state index is 0.199. The molecule has 0 bridgehead atoms. The minimum Gasteiger partial charge on any atom is -0.857 e. The molecule has 0 radical (unpaired) electrons. The van der Waals surface area contributed by atoms with Gasteiger partial charge in [-0.05, 0) is 44.0 Å². The van der Waals surface area contributed by atoms with Crippen LogP contribution in [-0.4, -0.2) is 45.2 Å². The lowest BCUT2D eigenvalue weighted by Crippen LogP contribution is -2.41. The molecule has 0 aliphatic carbocycles. The van der Waals surface area contributed by atoms with E-state index in [9.17, 15) is 18.3 Å². The summed E-state index contributed by atoms with van der Waals surface area (Å²) < 4.78 is 40.0. The van der Waals surface area contributed by atoms with Crippen molar-refractivity contribution in [3.05, 3.63) is 52.4 Å². The third-order valence-corrected chi connectivity index (χ3v) is 5.35. The first-order valence-corrected chi connectivity index (χ1v) is 10.0. The molecule has 3 heterocycles. The number of aryl methyl sites for hydroxylation is 1. The van der Waals surface area contributed by atoms with Crippen molar-refractivity contribution in [2.75, 3.05) is 18.4 Å². The summed E-state index contributed by atoms with van der Waals surface area (Å²) in [7, 11) is 0. The molecule has 1 aliphatic rings. The molecule has 0 spiro atoms. The van der Waals surface area contributed by atoms with E-state index in [-0.39, 0.29) is 11.6 Å². The Balaban J connectivity index is 1.60. The number of anilines is 1. The number of H-pyrrole nitrogens is 1. The number of rotatable bonds is 4. The number of nitrogens with zero attached hydrogens (tertiary/aromatic N) is 4. The zero-order chi connectivity index (χ0) is 22.2. The molecular formula is C20H19ClF3N6O-. The Bertz CT molecular complexity index is 1130. The van der Waals surface area contributed by atoms with Crippen LogP contribution in [0, 0.1) is 6.92 Å². The highest BCUT2D eigenvalue weighted by atomic mass is 35.5. The van der Waals surface area contributed by atoms with Gasteiger partial charge in [0.15, 0.2) is 0 Å². The molecule has 2 aromatic heterocycles. The van der Waals surface area contributed by atoms with Crippen LogP contribution in [0.5, 0.6) is 0 Å². The normalized spacial score (nSPS) is 17.9. The van der Waals surface area contributed by atoms with Crippen molar-refractivity contribution in [2.24, 2.45) is 5.10 Å². The molecule has 11 heteroatoms. The quantitative estimate of drug-likeness (QED) is 0.467. The Morgan fingerprint density at radius 1 is 1.35 bits per heavy atom. The number of pyridine rings is 1. The first kappa shape index (κ1) is 21.2. The molecule has 2 N–H and O–H groups in total. The van der Waals surface area contributed by atoms with Gasteiger partial charge in [0.05, 0.1) is 18.3 Å². The van der Waals surface area contributed by atoms with E-state index < -0.39 is 17.8 Å². The van der Waals surface area contributed by atoms with Crippen LogP contribution in [0.15, 0.2) is 35.6 Å². The summed E-state index contributed by atoms with van der Waals surface area (Å²) in [5.41, 5.74) is 0.529. The lowest BCUT2D eigenvalue weighted by Gasteiger charge is -2.33. The maximum atomic E-state index is 13.3. The van der Waals surface area contributed by atoms with Crippen LogP contribution in [0.4, 0.5) is 18.9 Å². The number of benzene rings is 1. The van der Waals surface area contributed by atoms with Crippen LogP contribution < -0.4 is 10.4 Å². The number of hydrogen-bond acceptors (Lipinski definition) is 6. The molecule has 1 atom stereocenters. The summed E-state index contributed by atoms with van der Waals surface area (Å²) in [5, 5.41) is 28.8. The van der Waals surface area contributed by atoms with Crippen LogP contribution in [0.25, 0.3) is 10.9 Å². The molecule has 4 rings (SSSR count). The lowest BCUT2D eigenvalue weighted by atomic mass is 10.1. The van der Waals surface area contributed by atoms with Crippen LogP contribution in [0.1, 0.15) is 29.8 Å². The second-order valence-corrected chi connectivity index (χ2v) is 7.86. The fourth-order valence-corrected chi connectivity index (χ4v) is 3.77. The molecule has 0 unspecified atom stereocenters. The SMILES string of the molecule is Cc1[nH]ncc1/C([O-])=N/N1CCC[C@H](Nc2cc(C(F)(F)F)nc3ccc(Cl)cc23)C1. The molecular weight excluding hydrogens is 433 g/mol. The van der Waals surface area contributed by atoms with Crippen molar-refractivity contribution >= 4 is 34.1 Å². The highest BCUT2D eigenvalue weighted by Crippen LogP contribution is 2.34. The predicted molar refractivity (Wildman–Crippen MR) is 110 cm³/mol. The van der Waals surface area contributed by atoms with Crippen molar-refractivity contribution in [3.8, 4) is 0 Å². The summed E-state index contributed by atoms with van der Waals surface area (Å²) in [6.07, 6.45) is -1.70. The molecule has 31 heavy (non-hydrogen) atoms. The molecule has 1 fully saturated rings. The molecule has 7 nitrogen and oxygen atoms in total. The smallest absolute Gasteiger partial charge is 0.433 e. The third-order valence-electron chi connectivity index (χ3n) is 5.11. The van der Waals surface area contributed by atoms with E-state index >= 15 is 0 Å². The number of fused-ring (bicyclic) bond motifs is 1. The summed E-state index contributed by atoms with van der Waals surface area (Å²) >= 11 is 6.06. The van der Waals surface area contributed by atoms with Crippen LogP contribution in [-0.2, 0) is 6.18 Å². The maximum absolute atomic E-state index is 13.3. The Morgan fingerprint density at radius 2 is 2.16 bits per heavy atom. The number of aromatic amines is 1. The molecule has 1 aromatic carbocycles. The lowest BCUT2D eigenvalue weighted by molar-refractivity contribution is -0.215. The van der Waals surface area contributed by atoms with E-state index in [1.807, 2.05) is 0 Å². The van der Waals surface area contributed by atoms with Crippen LogP contribution in [0.3, 0.4) is 0 Å². The van der Waals surface area contributed by atoms with E-state index in [1.165, 1.54) is 18.3 Å². The first-order chi connectivity index (χ1) is 14.7. The van der Waals surface area contributed by atoms with E-state index in [4.69, 9.17) is 11.6 Å². The summed E-state index contributed by atoms with van der Waals surface area (Å²) in [4.78, 5) is 3.73. The van der Waals surface area contributed by atoms with Gasteiger partial charge in [-0.3, -0.25) is 10.1 Å². The van der Waals surface area contributed by atoms with Gasteiger partial charge in [-0.2, -0.15) is 23.4 Å². The van der Waals surface area contributed by atoms with Gasteiger partial charge in [-0.25, -0.2) is 4.98 Å². The summed E-state index contributed by atoms with van der Waals surface area (Å²) in [6.45, 7) is 2.68. The molecule has 1 aliphatic heterocycles. The Labute approximate surface area is 180 Å². The number of hydrazone groups is 1. The number of hydrogen-bond donors (Lipinski definition) is 2. The van der Waals surface area contributed by atoms with E-state index in [0.717, 1.165) is 18.9 Å². The van der Waals surface area contributed by atoms with Crippen molar-refractivity contribution in [1.29, 1.82) is 0 Å². The molecule has 0 saturated carbocycles. The molecule has 1 saturated heterocycles. The van der Waals surface area contributed by atoms with Crippen molar-refractivity contribution in [3.63, 3.8) is 0 Å². The van der Waals surface area contributed by atoms with Gasteiger partial charge in [-0.1, -0.05) is 11.6 Å². The zero-order valence-corrected chi connectivity index (χ0v) is 17.3. The summed E-state index contributed by atoms with van der Waals surface area (Å²) in [5.74, 6) is -0.410. The first-order valence-electron chi connectivity index (χ1n) is 9.65. The predicted octanol–water partition coefficient (Wildman–Crippen LogP) is 3.54. The molecule has 0 amide bonds. The van der Waals surface area contributed by atoms with Crippen molar-refractivity contribution in [2.45, 2.75) is 32.0 Å². The number of alkyl halides is 3. The van der Waals surface area contributed by atoms with Crippen LogP contribution >= 0.6 is 11.6 Å². The van der Waals surface area contributed by atoms with Gasteiger partial charge in [0.1, 0.15) is 5.69 Å². The second-order valence-electron chi connectivity index (χ2n) is 7.42. The number of piperidine rings is 1. The second kappa shape index (κ2) is 8.26. The third kappa shape index (κ3) is 4.68. The fourth-order valence-electron chi connectivity index (χ4n) is 3.60. The number of aromatic nitrogens is 3. The maximum Gasteiger partial charge on any atom is 0.433 e. The van der Waals surface area contributed by atoms with E-state index in [0.29, 0.717) is 40.4 Å². The number of halogens is 4. The Kier molecular flexibility index (Phi) is 5.65. The molecule has 164 valence electrons. The van der Waals surface area contributed by atoms with Gasteiger partial charge in [0.2, 0.25) is 0 Å². The number of nitrogens with one attached hydrogen (secondary N) is 2. The van der Waals surface area contributed by atoms with E-state index in [2.05, 4.69) is 25.6 Å². The Morgan fingerprint density at radius 3 is 2.87 bits per heavy atom. The van der Waals surface area contributed by atoms with E-state index in [1.54, 1.807) is 18.0 Å².